The van der Waals surface area contributed by atoms with Crippen molar-refractivity contribution in [1.82, 2.24) is 25.1 Å². The van der Waals surface area contributed by atoms with Gasteiger partial charge in [0.2, 0.25) is 12.7 Å². The predicted octanol–water partition coefficient (Wildman–Crippen LogP) is 0.978. The molecule has 0 radical (unpaired) electrons. The van der Waals surface area contributed by atoms with E-state index in [0.717, 1.165) is 36.8 Å². The fourth-order valence-corrected chi connectivity index (χ4v) is 3.49. The molecule has 30 heavy (non-hydrogen) atoms. The first-order valence-electron chi connectivity index (χ1n) is 10.0. The molecule has 1 aromatic heterocycles. The lowest BCUT2D eigenvalue weighted by Crippen LogP contribution is -2.48. The lowest BCUT2D eigenvalue weighted by atomic mass is 10.1. The summed E-state index contributed by atoms with van der Waals surface area (Å²) in [7, 11) is 0. The monoisotopic (exact) mass is 411 g/mol. The molecule has 1 saturated heterocycles. The molecule has 9 nitrogen and oxygen atoms in total. The van der Waals surface area contributed by atoms with Crippen molar-refractivity contribution in [1.29, 1.82) is 0 Å². The fourth-order valence-electron chi connectivity index (χ4n) is 3.49. The number of nitrogens with one attached hydrogen (secondary N) is 1. The molecule has 0 bridgehead atoms. The molecule has 1 fully saturated rings. The van der Waals surface area contributed by atoms with Gasteiger partial charge in [-0.1, -0.05) is 6.07 Å². The van der Waals surface area contributed by atoms with E-state index in [4.69, 9.17) is 9.47 Å². The highest BCUT2D eigenvalue weighted by atomic mass is 16.7. The van der Waals surface area contributed by atoms with Gasteiger partial charge in [0.25, 0.3) is 5.91 Å². The zero-order valence-electron chi connectivity index (χ0n) is 17.0. The normalized spacial score (nSPS) is 15.8. The Morgan fingerprint density at radius 2 is 1.87 bits per heavy atom. The zero-order chi connectivity index (χ0) is 20.9. The van der Waals surface area contributed by atoms with E-state index in [9.17, 15) is 9.59 Å². The molecule has 1 aromatic carbocycles. The first kappa shape index (κ1) is 20.1. The number of carbonyl (C=O) groups is 2. The zero-order valence-corrected chi connectivity index (χ0v) is 17.0. The van der Waals surface area contributed by atoms with Crippen molar-refractivity contribution in [2.45, 2.75) is 19.9 Å². The second kappa shape index (κ2) is 9.08. The van der Waals surface area contributed by atoms with Crippen molar-refractivity contribution < 1.29 is 19.1 Å². The number of piperazine rings is 1. The number of hydrogen-bond donors (Lipinski definition) is 1. The molecule has 2 aliphatic rings. The van der Waals surface area contributed by atoms with Crippen LogP contribution in [-0.2, 0) is 11.3 Å². The molecule has 1 N–H and O–H groups in total. The number of rotatable bonds is 6. The van der Waals surface area contributed by atoms with Crippen molar-refractivity contribution >= 4 is 11.8 Å². The van der Waals surface area contributed by atoms with Gasteiger partial charge in [-0.25, -0.2) is 4.98 Å². The highest BCUT2D eigenvalue weighted by Gasteiger charge is 2.22. The van der Waals surface area contributed by atoms with E-state index in [-0.39, 0.29) is 37.3 Å². The van der Waals surface area contributed by atoms with Crippen LogP contribution >= 0.6 is 0 Å². The molecule has 3 heterocycles. The van der Waals surface area contributed by atoms with E-state index in [1.54, 1.807) is 6.20 Å². The van der Waals surface area contributed by atoms with Crippen LogP contribution in [0.25, 0.3) is 0 Å². The van der Waals surface area contributed by atoms with Gasteiger partial charge in [-0.05, 0) is 24.6 Å². The minimum absolute atomic E-state index is 0.0491. The average Bonchev–Trinajstić information content (AvgIpc) is 3.22. The third-order valence-corrected chi connectivity index (χ3v) is 5.21. The van der Waals surface area contributed by atoms with Crippen LogP contribution in [0.4, 0.5) is 0 Å². The number of ether oxygens (including phenoxy) is 2. The summed E-state index contributed by atoms with van der Waals surface area (Å²) in [6.45, 7) is 6.16. The number of benzene rings is 1. The third kappa shape index (κ3) is 4.85. The van der Waals surface area contributed by atoms with Crippen molar-refractivity contribution in [3.05, 3.63) is 47.5 Å². The predicted molar refractivity (Wildman–Crippen MR) is 108 cm³/mol. The minimum Gasteiger partial charge on any atom is -0.454 e. The van der Waals surface area contributed by atoms with Crippen LogP contribution in [0.1, 0.15) is 28.2 Å². The van der Waals surface area contributed by atoms with E-state index in [0.29, 0.717) is 13.1 Å². The Labute approximate surface area is 175 Å². The second-order valence-electron chi connectivity index (χ2n) is 7.39. The summed E-state index contributed by atoms with van der Waals surface area (Å²) in [5.41, 5.74) is 2.17. The van der Waals surface area contributed by atoms with Gasteiger partial charge >= 0.3 is 0 Å². The first-order valence-corrected chi connectivity index (χ1v) is 10.0. The van der Waals surface area contributed by atoms with Gasteiger partial charge < -0.3 is 19.7 Å². The number of carbonyl (C=O) groups excluding carboxylic acids is 2. The lowest BCUT2D eigenvalue weighted by molar-refractivity contribution is -0.132. The Morgan fingerprint density at radius 3 is 2.63 bits per heavy atom. The molecule has 0 atom stereocenters. The Kier molecular flexibility index (Phi) is 6.08. The van der Waals surface area contributed by atoms with Crippen molar-refractivity contribution in [3.8, 4) is 11.5 Å². The van der Waals surface area contributed by atoms with Gasteiger partial charge in [-0.3, -0.25) is 19.5 Å². The van der Waals surface area contributed by atoms with Gasteiger partial charge in [0, 0.05) is 51.9 Å². The molecule has 4 rings (SSSR count). The molecule has 2 aromatic rings. The molecule has 0 unspecified atom stereocenters. The van der Waals surface area contributed by atoms with Gasteiger partial charge in [-0.15, -0.1) is 0 Å². The molecular formula is C21H25N5O4. The Morgan fingerprint density at radius 1 is 1.07 bits per heavy atom. The summed E-state index contributed by atoms with van der Waals surface area (Å²) in [6, 6.07) is 6.00. The number of aromatic nitrogens is 2. The Bertz CT molecular complexity index is 910. The number of fused-ring (bicyclic) bond motifs is 1. The lowest BCUT2D eigenvalue weighted by Gasteiger charge is -2.34. The van der Waals surface area contributed by atoms with Gasteiger partial charge in [0.05, 0.1) is 11.9 Å². The van der Waals surface area contributed by atoms with Crippen LogP contribution in [0.2, 0.25) is 0 Å². The molecule has 0 saturated carbocycles. The van der Waals surface area contributed by atoms with Crippen LogP contribution < -0.4 is 14.8 Å². The smallest absolute Gasteiger partial charge is 0.271 e. The first-order chi connectivity index (χ1) is 14.6. The molecular weight excluding hydrogens is 386 g/mol. The summed E-state index contributed by atoms with van der Waals surface area (Å²) >= 11 is 0. The topological polar surface area (TPSA) is 96.9 Å². The standard InChI is InChI=1S/C21H25N5O4/c1-15-11-24-17(12-23-15)21(28)22-5-4-20(27)26-8-6-25(7-9-26)13-16-2-3-18-19(10-16)30-14-29-18/h2-3,10-12H,4-9,13-14H2,1H3,(H,22,28). The second-order valence-corrected chi connectivity index (χ2v) is 7.39. The number of aryl methyl sites for hydroxylation is 1. The average molecular weight is 411 g/mol. The van der Waals surface area contributed by atoms with Crippen LogP contribution in [0.15, 0.2) is 30.6 Å². The van der Waals surface area contributed by atoms with E-state index < -0.39 is 0 Å². The molecule has 2 aliphatic heterocycles. The maximum atomic E-state index is 12.5. The van der Waals surface area contributed by atoms with E-state index in [1.807, 2.05) is 30.0 Å². The minimum atomic E-state index is -0.316. The van der Waals surface area contributed by atoms with Crippen molar-refractivity contribution in [2.24, 2.45) is 0 Å². The van der Waals surface area contributed by atoms with Gasteiger partial charge in [0.1, 0.15) is 5.69 Å². The molecule has 158 valence electrons. The van der Waals surface area contributed by atoms with Gasteiger partial charge in [-0.2, -0.15) is 0 Å². The van der Waals surface area contributed by atoms with Crippen molar-refractivity contribution in [2.75, 3.05) is 39.5 Å². The summed E-state index contributed by atoms with van der Waals surface area (Å²) in [6.07, 6.45) is 3.25. The highest BCUT2D eigenvalue weighted by molar-refractivity contribution is 5.92. The summed E-state index contributed by atoms with van der Waals surface area (Å²) < 4.78 is 10.8. The van der Waals surface area contributed by atoms with Crippen LogP contribution in [0, 0.1) is 6.92 Å². The van der Waals surface area contributed by atoms with E-state index >= 15 is 0 Å². The number of amides is 2. The summed E-state index contributed by atoms with van der Waals surface area (Å²) in [5.74, 6) is 1.31. The SMILES string of the molecule is Cc1cnc(C(=O)NCCC(=O)N2CCN(Cc3ccc4c(c3)OCO4)CC2)cn1. The van der Waals surface area contributed by atoms with E-state index in [1.165, 1.54) is 11.8 Å². The van der Waals surface area contributed by atoms with Crippen LogP contribution in [0.5, 0.6) is 11.5 Å². The van der Waals surface area contributed by atoms with Crippen LogP contribution in [-0.4, -0.2) is 71.1 Å². The summed E-state index contributed by atoms with van der Waals surface area (Å²) in [4.78, 5) is 36.8. The largest absolute Gasteiger partial charge is 0.454 e. The number of hydrogen-bond acceptors (Lipinski definition) is 7. The quantitative estimate of drug-likeness (QED) is 0.757. The maximum Gasteiger partial charge on any atom is 0.271 e. The Balaban J connectivity index is 1.18. The molecule has 2 amide bonds. The van der Waals surface area contributed by atoms with Gasteiger partial charge in [0.15, 0.2) is 11.5 Å². The van der Waals surface area contributed by atoms with Crippen molar-refractivity contribution in [3.63, 3.8) is 0 Å². The fraction of sp³-hybridized carbons (Fsp3) is 0.429. The molecule has 0 spiro atoms. The van der Waals surface area contributed by atoms with Crippen LogP contribution in [0.3, 0.4) is 0 Å². The maximum absolute atomic E-state index is 12.5. The molecule has 9 heteroatoms. The molecule has 0 aliphatic carbocycles. The summed E-state index contributed by atoms with van der Waals surface area (Å²) in [5, 5.41) is 2.73. The number of nitrogens with zero attached hydrogens (tertiary/aromatic N) is 4. The highest BCUT2D eigenvalue weighted by Crippen LogP contribution is 2.32. The third-order valence-electron chi connectivity index (χ3n) is 5.21. The van der Waals surface area contributed by atoms with E-state index in [2.05, 4.69) is 20.2 Å². The Hall–Kier alpha value is -3.20.